The Hall–Kier alpha value is -2.29. The first-order valence-corrected chi connectivity index (χ1v) is 7.39. The SMILES string of the molecule is CC(C)c1ccccc1NC(=O)C1CNc2ccccc21. The van der Waals surface area contributed by atoms with E-state index >= 15 is 0 Å². The molecule has 1 amide bonds. The molecule has 0 radical (unpaired) electrons. The molecule has 1 heterocycles. The van der Waals surface area contributed by atoms with E-state index in [-0.39, 0.29) is 11.8 Å². The van der Waals surface area contributed by atoms with Crippen molar-refractivity contribution < 1.29 is 4.79 Å². The number of hydrogen-bond acceptors (Lipinski definition) is 2. The largest absolute Gasteiger partial charge is 0.384 e. The lowest BCUT2D eigenvalue weighted by Gasteiger charge is -2.16. The number of para-hydroxylation sites is 2. The molecule has 1 aliphatic rings. The highest BCUT2D eigenvalue weighted by Crippen LogP contribution is 2.32. The highest BCUT2D eigenvalue weighted by atomic mass is 16.1. The van der Waals surface area contributed by atoms with Crippen LogP contribution in [-0.2, 0) is 4.79 Å². The number of nitrogens with one attached hydrogen (secondary N) is 2. The Labute approximate surface area is 125 Å². The summed E-state index contributed by atoms with van der Waals surface area (Å²) in [6.07, 6.45) is 0. The zero-order valence-electron chi connectivity index (χ0n) is 12.4. The average Bonchev–Trinajstić information content (AvgIpc) is 2.91. The van der Waals surface area contributed by atoms with Crippen LogP contribution in [0.3, 0.4) is 0 Å². The molecular weight excluding hydrogens is 260 g/mol. The third-order valence-electron chi connectivity index (χ3n) is 3.99. The Morgan fingerprint density at radius 2 is 1.86 bits per heavy atom. The second-order valence-electron chi connectivity index (χ2n) is 5.75. The van der Waals surface area contributed by atoms with Crippen LogP contribution in [0, 0.1) is 0 Å². The van der Waals surface area contributed by atoms with Gasteiger partial charge in [-0.3, -0.25) is 4.79 Å². The first kappa shape index (κ1) is 13.7. The third kappa shape index (κ3) is 2.64. The lowest BCUT2D eigenvalue weighted by Crippen LogP contribution is -2.23. The maximum absolute atomic E-state index is 12.6. The van der Waals surface area contributed by atoms with E-state index in [0.29, 0.717) is 12.5 Å². The normalized spacial score (nSPS) is 16.4. The number of anilines is 2. The predicted octanol–water partition coefficient (Wildman–Crippen LogP) is 3.96. The molecule has 3 heteroatoms. The van der Waals surface area contributed by atoms with Crippen LogP contribution in [0.15, 0.2) is 48.5 Å². The van der Waals surface area contributed by atoms with Gasteiger partial charge in [0.25, 0.3) is 0 Å². The average molecular weight is 280 g/mol. The van der Waals surface area contributed by atoms with Crippen LogP contribution in [0.4, 0.5) is 11.4 Å². The second kappa shape index (κ2) is 5.60. The number of hydrogen-bond donors (Lipinski definition) is 2. The molecule has 2 N–H and O–H groups in total. The van der Waals surface area contributed by atoms with Crippen molar-refractivity contribution in [3.63, 3.8) is 0 Å². The van der Waals surface area contributed by atoms with Crippen LogP contribution >= 0.6 is 0 Å². The van der Waals surface area contributed by atoms with Crippen LogP contribution < -0.4 is 10.6 Å². The van der Waals surface area contributed by atoms with E-state index in [4.69, 9.17) is 0 Å². The molecule has 1 atom stereocenters. The van der Waals surface area contributed by atoms with E-state index in [1.807, 2.05) is 42.5 Å². The van der Waals surface area contributed by atoms with E-state index in [1.165, 1.54) is 5.56 Å². The Balaban J connectivity index is 1.82. The molecule has 0 fully saturated rings. The van der Waals surface area contributed by atoms with Gasteiger partial charge in [-0.25, -0.2) is 0 Å². The van der Waals surface area contributed by atoms with Gasteiger partial charge in [-0.2, -0.15) is 0 Å². The molecule has 3 nitrogen and oxygen atoms in total. The number of carbonyl (C=O) groups excluding carboxylic acids is 1. The zero-order valence-corrected chi connectivity index (χ0v) is 12.4. The van der Waals surface area contributed by atoms with Crippen LogP contribution in [0.2, 0.25) is 0 Å². The molecule has 0 saturated heterocycles. The van der Waals surface area contributed by atoms with Gasteiger partial charge in [-0.15, -0.1) is 0 Å². The number of carbonyl (C=O) groups is 1. The molecular formula is C18H20N2O. The minimum absolute atomic E-state index is 0.0561. The summed E-state index contributed by atoms with van der Waals surface area (Å²) < 4.78 is 0. The summed E-state index contributed by atoms with van der Waals surface area (Å²) in [5.41, 5.74) is 4.23. The molecule has 0 bridgehead atoms. The topological polar surface area (TPSA) is 41.1 Å². The third-order valence-corrected chi connectivity index (χ3v) is 3.99. The van der Waals surface area contributed by atoms with Crippen LogP contribution in [0.25, 0.3) is 0 Å². The van der Waals surface area contributed by atoms with Crippen molar-refractivity contribution in [3.05, 3.63) is 59.7 Å². The molecule has 2 aromatic carbocycles. The van der Waals surface area contributed by atoms with Gasteiger partial charge in [0.05, 0.1) is 5.92 Å². The fraction of sp³-hybridized carbons (Fsp3) is 0.278. The molecule has 2 aromatic rings. The highest BCUT2D eigenvalue weighted by molar-refractivity contribution is 5.98. The first-order valence-electron chi connectivity index (χ1n) is 7.39. The summed E-state index contributed by atoms with van der Waals surface area (Å²) in [5.74, 6) is 0.317. The van der Waals surface area contributed by atoms with Gasteiger partial charge < -0.3 is 10.6 Å². The van der Waals surface area contributed by atoms with Gasteiger partial charge in [0, 0.05) is 17.9 Å². The molecule has 3 rings (SSSR count). The fourth-order valence-electron chi connectivity index (χ4n) is 2.85. The predicted molar refractivity (Wildman–Crippen MR) is 86.8 cm³/mol. The Morgan fingerprint density at radius 3 is 2.67 bits per heavy atom. The summed E-state index contributed by atoms with van der Waals surface area (Å²) >= 11 is 0. The van der Waals surface area contributed by atoms with Gasteiger partial charge in [-0.1, -0.05) is 50.2 Å². The van der Waals surface area contributed by atoms with Gasteiger partial charge in [-0.05, 0) is 29.2 Å². The Bertz CT molecular complexity index is 664. The van der Waals surface area contributed by atoms with E-state index in [0.717, 1.165) is 16.9 Å². The van der Waals surface area contributed by atoms with Crippen molar-refractivity contribution in [2.24, 2.45) is 0 Å². The lowest BCUT2D eigenvalue weighted by molar-refractivity contribution is -0.117. The van der Waals surface area contributed by atoms with Crippen LogP contribution in [0.1, 0.15) is 36.8 Å². The molecule has 0 aromatic heterocycles. The summed E-state index contributed by atoms with van der Waals surface area (Å²) in [6.45, 7) is 4.93. The summed E-state index contributed by atoms with van der Waals surface area (Å²) in [5, 5.41) is 6.39. The van der Waals surface area contributed by atoms with Crippen LogP contribution in [0.5, 0.6) is 0 Å². The quantitative estimate of drug-likeness (QED) is 0.893. The summed E-state index contributed by atoms with van der Waals surface area (Å²) in [6, 6.07) is 16.0. The van der Waals surface area contributed by atoms with Crippen molar-refractivity contribution in [1.82, 2.24) is 0 Å². The number of rotatable bonds is 3. The maximum Gasteiger partial charge on any atom is 0.233 e. The molecule has 0 saturated carbocycles. The number of benzene rings is 2. The minimum Gasteiger partial charge on any atom is -0.384 e. The van der Waals surface area contributed by atoms with Crippen molar-refractivity contribution in [3.8, 4) is 0 Å². The van der Waals surface area contributed by atoms with Gasteiger partial charge in [0.1, 0.15) is 0 Å². The van der Waals surface area contributed by atoms with E-state index in [1.54, 1.807) is 0 Å². The lowest BCUT2D eigenvalue weighted by atomic mass is 9.98. The molecule has 0 aliphatic carbocycles. The minimum atomic E-state index is -0.124. The number of fused-ring (bicyclic) bond motifs is 1. The molecule has 108 valence electrons. The monoisotopic (exact) mass is 280 g/mol. The standard InChI is InChI=1S/C18H20N2O/c1-12(2)13-7-3-6-10-17(13)20-18(21)15-11-19-16-9-5-4-8-14(15)16/h3-10,12,15,19H,11H2,1-2H3,(H,20,21). The summed E-state index contributed by atoms with van der Waals surface area (Å²) in [7, 11) is 0. The fourth-order valence-corrected chi connectivity index (χ4v) is 2.85. The number of amides is 1. The summed E-state index contributed by atoms with van der Waals surface area (Å²) in [4.78, 5) is 12.6. The van der Waals surface area contributed by atoms with E-state index < -0.39 is 0 Å². The molecule has 1 unspecified atom stereocenters. The molecule has 1 aliphatic heterocycles. The van der Waals surface area contributed by atoms with E-state index in [2.05, 4.69) is 30.5 Å². The smallest absolute Gasteiger partial charge is 0.233 e. The van der Waals surface area contributed by atoms with Crippen molar-refractivity contribution in [1.29, 1.82) is 0 Å². The van der Waals surface area contributed by atoms with Crippen molar-refractivity contribution in [2.75, 3.05) is 17.2 Å². The Morgan fingerprint density at radius 1 is 1.14 bits per heavy atom. The van der Waals surface area contributed by atoms with Gasteiger partial charge in [0.2, 0.25) is 5.91 Å². The van der Waals surface area contributed by atoms with Crippen LogP contribution in [-0.4, -0.2) is 12.5 Å². The van der Waals surface area contributed by atoms with Crippen molar-refractivity contribution >= 4 is 17.3 Å². The molecule has 0 spiro atoms. The second-order valence-corrected chi connectivity index (χ2v) is 5.75. The molecule has 21 heavy (non-hydrogen) atoms. The van der Waals surface area contributed by atoms with Gasteiger partial charge >= 0.3 is 0 Å². The van der Waals surface area contributed by atoms with E-state index in [9.17, 15) is 4.79 Å². The Kier molecular flexibility index (Phi) is 3.65. The maximum atomic E-state index is 12.6. The van der Waals surface area contributed by atoms with Crippen molar-refractivity contribution in [2.45, 2.75) is 25.7 Å². The van der Waals surface area contributed by atoms with Gasteiger partial charge in [0.15, 0.2) is 0 Å². The first-order chi connectivity index (χ1) is 10.2. The zero-order chi connectivity index (χ0) is 14.8. The highest BCUT2D eigenvalue weighted by Gasteiger charge is 2.28.